The number of nitrogens with zero attached hydrogens (tertiary/aromatic N) is 2. The maximum absolute atomic E-state index is 10.1. The summed E-state index contributed by atoms with van der Waals surface area (Å²) in [5, 5.41) is 23.0. The second-order valence-corrected chi connectivity index (χ2v) is 5.75. The van der Waals surface area contributed by atoms with Crippen LogP contribution >= 0.6 is 0 Å². The highest BCUT2D eigenvalue weighted by Gasteiger charge is 2.30. The maximum atomic E-state index is 10.1. The van der Waals surface area contributed by atoms with E-state index < -0.39 is 7.12 Å². The Hall–Kier alpha value is -3.56. The van der Waals surface area contributed by atoms with Crippen LogP contribution in [0.3, 0.4) is 0 Å². The van der Waals surface area contributed by atoms with Gasteiger partial charge in [0.1, 0.15) is 17.2 Å². The van der Waals surface area contributed by atoms with Crippen LogP contribution in [0.15, 0.2) is 78.0 Å². The van der Waals surface area contributed by atoms with Crippen LogP contribution in [0.1, 0.15) is 16.7 Å². The van der Waals surface area contributed by atoms with Crippen LogP contribution in [0, 0.1) is 11.3 Å². The minimum atomic E-state index is -1.11. The van der Waals surface area contributed by atoms with Crippen molar-refractivity contribution in [3.63, 3.8) is 0 Å². The van der Waals surface area contributed by atoms with E-state index in [1.807, 2.05) is 36.4 Å². The molecule has 6 heteroatoms. The average Bonchev–Trinajstić information content (AvgIpc) is 2.69. The van der Waals surface area contributed by atoms with Crippen molar-refractivity contribution in [1.82, 2.24) is 0 Å². The van der Waals surface area contributed by atoms with Gasteiger partial charge in [0, 0.05) is 16.6 Å². The largest absolute Gasteiger partial charge is 0.583 e. The van der Waals surface area contributed by atoms with E-state index in [9.17, 15) is 5.02 Å². The number of rotatable bonds is 3. The van der Waals surface area contributed by atoms with Crippen LogP contribution in [0.5, 0.6) is 11.5 Å². The van der Waals surface area contributed by atoms with Crippen LogP contribution in [-0.2, 0) is 4.76 Å². The third-order valence-electron chi connectivity index (χ3n) is 4.06. The summed E-state index contributed by atoms with van der Waals surface area (Å²) < 4.78 is 11.0. The standard InChI is InChI=1S/C20H13BN2O3/c22-13-14-6-8-16(9-7-14)25-17-10-11-19-18(12-17)20(23-26-21(19)24)15-4-2-1-3-5-15/h1-12,24H. The van der Waals surface area contributed by atoms with Gasteiger partial charge in [-0.2, -0.15) is 5.26 Å². The Balaban J connectivity index is 1.70. The molecule has 0 spiro atoms. The molecule has 0 fully saturated rings. The van der Waals surface area contributed by atoms with E-state index in [1.165, 1.54) is 0 Å². The Morgan fingerprint density at radius 3 is 2.42 bits per heavy atom. The van der Waals surface area contributed by atoms with Crippen molar-refractivity contribution in [3.05, 3.63) is 89.5 Å². The monoisotopic (exact) mass is 340 g/mol. The summed E-state index contributed by atoms with van der Waals surface area (Å²) in [6.45, 7) is 0. The zero-order valence-corrected chi connectivity index (χ0v) is 13.7. The number of ether oxygens (including phenoxy) is 1. The third-order valence-corrected chi connectivity index (χ3v) is 4.06. The van der Waals surface area contributed by atoms with Gasteiger partial charge in [-0.05, 0) is 36.4 Å². The van der Waals surface area contributed by atoms with Gasteiger partial charge in [-0.3, -0.25) is 0 Å². The van der Waals surface area contributed by atoms with Crippen molar-refractivity contribution in [1.29, 1.82) is 5.26 Å². The van der Waals surface area contributed by atoms with E-state index in [1.54, 1.807) is 36.4 Å². The van der Waals surface area contributed by atoms with E-state index in [0.29, 0.717) is 28.2 Å². The number of nitriles is 1. The lowest BCUT2D eigenvalue weighted by molar-refractivity contribution is 0.284. The molecule has 1 heterocycles. The summed E-state index contributed by atoms with van der Waals surface area (Å²) in [7, 11) is -1.11. The predicted molar refractivity (Wildman–Crippen MR) is 98.4 cm³/mol. The number of fused-ring (bicyclic) bond motifs is 1. The van der Waals surface area contributed by atoms with Gasteiger partial charge in [-0.15, -0.1) is 5.16 Å². The summed E-state index contributed by atoms with van der Waals surface area (Å²) in [5.74, 6) is 1.22. The lowest BCUT2D eigenvalue weighted by atomic mass is 9.74. The molecule has 1 aliphatic heterocycles. The summed E-state index contributed by atoms with van der Waals surface area (Å²) in [6.07, 6.45) is 0. The molecule has 1 N–H and O–H groups in total. The van der Waals surface area contributed by atoms with E-state index in [0.717, 1.165) is 11.1 Å². The van der Waals surface area contributed by atoms with Gasteiger partial charge in [-0.25, -0.2) is 0 Å². The van der Waals surface area contributed by atoms with Gasteiger partial charge in [0.25, 0.3) is 0 Å². The Bertz CT molecular complexity index is 1010. The molecule has 0 unspecified atom stereocenters. The summed E-state index contributed by atoms with van der Waals surface area (Å²) in [6, 6.07) is 23.9. The molecular formula is C20H13BN2O3. The molecular weight excluding hydrogens is 327 g/mol. The molecule has 26 heavy (non-hydrogen) atoms. The Labute approximate surface area is 150 Å². The average molecular weight is 340 g/mol. The summed E-state index contributed by atoms with van der Waals surface area (Å²) >= 11 is 0. The fourth-order valence-electron chi connectivity index (χ4n) is 2.77. The highest BCUT2D eigenvalue weighted by atomic mass is 16.6. The van der Waals surface area contributed by atoms with Crippen molar-refractivity contribution in [2.45, 2.75) is 0 Å². The van der Waals surface area contributed by atoms with Crippen molar-refractivity contribution in [2.24, 2.45) is 5.16 Å². The Kier molecular flexibility index (Phi) is 4.14. The molecule has 0 aliphatic carbocycles. The molecule has 0 amide bonds. The molecule has 124 valence electrons. The zero-order chi connectivity index (χ0) is 17.9. The minimum Gasteiger partial charge on any atom is -0.457 e. The van der Waals surface area contributed by atoms with Gasteiger partial charge in [0.15, 0.2) is 0 Å². The quantitative estimate of drug-likeness (QED) is 0.744. The van der Waals surface area contributed by atoms with E-state index in [2.05, 4.69) is 11.2 Å². The summed E-state index contributed by atoms with van der Waals surface area (Å²) in [5.41, 5.74) is 3.47. The first-order valence-corrected chi connectivity index (χ1v) is 8.04. The molecule has 0 radical (unpaired) electrons. The lowest BCUT2D eigenvalue weighted by Crippen LogP contribution is -2.40. The first kappa shape index (κ1) is 15.9. The molecule has 3 aromatic rings. The smallest absolute Gasteiger partial charge is 0.457 e. The summed E-state index contributed by atoms with van der Waals surface area (Å²) in [4.78, 5) is 0. The van der Waals surface area contributed by atoms with Crippen LogP contribution in [0.2, 0.25) is 0 Å². The van der Waals surface area contributed by atoms with Crippen LogP contribution < -0.4 is 10.2 Å². The van der Waals surface area contributed by atoms with Crippen LogP contribution in [0.4, 0.5) is 0 Å². The first-order valence-electron chi connectivity index (χ1n) is 8.04. The number of hydrogen-bond donors (Lipinski definition) is 1. The first-order chi connectivity index (χ1) is 12.7. The van der Waals surface area contributed by atoms with Gasteiger partial charge >= 0.3 is 7.12 Å². The highest BCUT2D eigenvalue weighted by Crippen LogP contribution is 2.24. The van der Waals surface area contributed by atoms with E-state index >= 15 is 0 Å². The van der Waals surface area contributed by atoms with Gasteiger partial charge in [-0.1, -0.05) is 36.4 Å². The SMILES string of the molecule is N#Cc1ccc(Oc2ccc3c(c2)C(c2ccccc2)=NOB3O)cc1. The molecule has 1 aliphatic rings. The second-order valence-electron chi connectivity index (χ2n) is 5.75. The zero-order valence-electron chi connectivity index (χ0n) is 13.7. The number of oxime groups is 1. The van der Waals surface area contributed by atoms with Crippen LogP contribution in [0.25, 0.3) is 0 Å². The fraction of sp³-hybridized carbons (Fsp3) is 0. The van der Waals surface area contributed by atoms with E-state index in [4.69, 9.17) is 14.8 Å². The second kappa shape index (κ2) is 6.75. The molecule has 0 bridgehead atoms. The maximum Gasteiger partial charge on any atom is 0.583 e. The van der Waals surface area contributed by atoms with Crippen molar-refractivity contribution in [2.75, 3.05) is 0 Å². The van der Waals surface area contributed by atoms with Gasteiger partial charge in [0.05, 0.1) is 11.6 Å². The molecule has 0 saturated carbocycles. The topological polar surface area (TPSA) is 74.8 Å². The molecule has 0 aromatic heterocycles. The lowest BCUT2D eigenvalue weighted by Gasteiger charge is -2.19. The highest BCUT2D eigenvalue weighted by molar-refractivity contribution is 6.63. The normalized spacial score (nSPS) is 12.5. The van der Waals surface area contributed by atoms with Crippen molar-refractivity contribution in [3.8, 4) is 17.6 Å². The van der Waals surface area contributed by atoms with Crippen LogP contribution in [-0.4, -0.2) is 17.9 Å². The van der Waals surface area contributed by atoms with Crippen molar-refractivity contribution < 1.29 is 14.5 Å². The molecule has 5 nitrogen and oxygen atoms in total. The third kappa shape index (κ3) is 3.04. The Morgan fingerprint density at radius 1 is 0.962 bits per heavy atom. The molecule has 0 atom stereocenters. The molecule has 3 aromatic carbocycles. The number of benzene rings is 3. The van der Waals surface area contributed by atoms with Gasteiger partial charge in [0.2, 0.25) is 0 Å². The molecule has 4 rings (SSSR count). The predicted octanol–water partition coefficient (Wildman–Crippen LogP) is 2.82. The van der Waals surface area contributed by atoms with E-state index in [-0.39, 0.29) is 0 Å². The van der Waals surface area contributed by atoms with Crippen molar-refractivity contribution >= 4 is 18.3 Å². The Morgan fingerprint density at radius 2 is 1.69 bits per heavy atom. The van der Waals surface area contributed by atoms with Gasteiger partial charge < -0.3 is 14.5 Å². The number of hydrogen-bond acceptors (Lipinski definition) is 5. The minimum absolute atomic E-state index is 0.571. The molecule has 0 saturated heterocycles. The fourth-order valence-corrected chi connectivity index (χ4v) is 2.77.